The van der Waals surface area contributed by atoms with Gasteiger partial charge in [-0.05, 0) is 18.9 Å². The first-order valence-corrected chi connectivity index (χ1v) is 13.2. The maximum absolute atomic E-state index is 15.8. The van der Waals surface area contributed by atoms with Crippen LogP contribution < -0.4 is 4.90 Å². The second-order valence-corrected chi connectivity index (χ2v) is 10.6. The van der Waals surface area contributed by atoms with Crippen molar-refractivity contribution in [2.75, 3.05) is 56.5 Å². The number of hydrogen-bond donors (Lipinski definition) is 0. The number of benzene rings is 2. The van der Waals surface area contributed by atoms with Crippen molar-refractivity contribution in [1.29, 1.82) is 0 Å². The largest absolute Gasteiger partial charge is 0.450 e. The molecule has 0 unspecified atom stereocenters. The van der Waals surface area contributed by atoms with E-state index < -0.39 is 61.2 Å². The first-order chi connectivity index (χ1) is 17.2. The zero-order valence-corrected chi connectivity index (χ0v) is 20.5. The molecule has 4 rings (SSSR count). The van der Waals surface area contributed by atoms with E-state index >= 15 is 13.2 Å². The fraction of sp³-hybridized carbons (Fsp3) is 0.417. The van der Waals surface area contributed by atoms with Gasteiger partial charge in [0, 0.05) is 39.3 Å². The van der Waals surface area contributed by atoms with Crippen LogP contribution in [0.3, 0.4) is 0 Å². The Morgan fingerprint density at radius 3 is 2.19 bits per heavy atom. The normalized spacial score (nSPS) is 17.1. The van der Waals surface area contributed by atoms with Crippen molar-refractivity contribution in [3.05, 3.63) is 58.9 Å². The van der Waals surface area contributed by atoms with E-state index in [4.69, 9.17) is 4.74 Å². The molecule has 0 saturated carbocycles. The summed E-state index contributed by atoms with van der Waals surface area (Å²) in [6.45, 7) is 1.87. The average molecular weight is 526 g/mol. The summed E-state index contributed by atoms with van der Waals surface area (Å²) in [5, 5.41) is 0. The number of piperazine rings is 1. The Kier molecular flexibility index (Phi) is 7.43. The Morgan fingerprint density at radius 2 is 1.56 bits per heavy atom. The van der Waals surface area contributed by atoms with Crippen LogP contribution in [-0.2, 0) is 21.0 Å². The van der Waals surface area contributed by atoms with Gasteiger partial charge in [0.1, 0.15) is 10.5 Å². The summed E-state index contributed by atoms with van der Waals surface area (Å²) in [6.07, 6.45) is -0.168. The zero-order valence-electron chi connectivity index (χ0n) is 19.7. The van der Waals surface area contributed by atoms with Crippen LogP contribution in [0.25, 0.3) is 0 Å². The highest BCUT2D eigenvalue weighted by Crippen LogP contribution is 2.39. The lowest BCUT2D eigenvalue weighted by atomic mass is 10.1. The standard InChI is InChI=1S/C24H26F3N3O5S/c1-2-35-24(32)30-12-10-29(11-13-30)23(31)17-18(25)20(27)22-21(19(17)26)28(14-15-36(22,33)34)9-8-16-6-4-3-5-7-16/h3-7H,2,8-15H2,1H3. The van der Waals surface area contributed by atoms with Gasteiger partial charge in [0.25, 0.3) is 5.91 Å². The molecular formula is C24H26F3N3O5S. The topological polar surface area (TPSA) is 87.2 Å². The van der Waals surface area contributed by atoms with E-state index in [0.717, 1.165) is 10.5 Å². The molecule has 0 aromatic heterocycles. The van der Waals surface area contributed by atoms with Crippen molar-refractivity contribution < 1.29 is 35.9 Å². The minimum Gasteiger partial charge on any atom is -0.450 e. The minimum absolute atomic E-state index is 0.0503. The molecule has 0 radical (unpaired) electrons. The third kappa shape index (κ3) is 4.86. The Hall–Kier alpha value is -3.28. The summed E-state index contributed by atoms with van der Waals surface area (Å²) in [5.41, 5.74) is -0.867. The Labute approximate surface area is 207 Å². The molecule has 0 spiro atoms. The number of ether oxygens (including phenoxy) is 1. The number of carbonyl (C=O) groups is 2. The van der Waals surface area contributed by atoms with Crippen LogP contribution in [0.4, 0.5) is 23.7 Å². The fourth-order valence-electron chi connectivity index (χ4n) is 4.42. The molecule has 1 fully saturated rings. The highest BCUT2D eigenvalue weighted by atomic mass is 32.2. The van der Waals surface area contributed by atoms with Crippen molar-refractivity contribution in [3.63, 3.8) is 0 Å². The summed E-state index contributed by atoms with van der Waals surface area (Å²) in [6, 6.07) is 9.15. The van der Waals surface area contributed by atoms with Gasteiger partial charge in [-0.3, -0.25) is 4.79 Å². The first kappa shape index (κ1) is 25.8. The van der Waals surface area contributed by atoms with E-state index in [-0.39, 0.29) is 45.9 Å². The van der Waals surface area contributed by atoms with Gasteiger partial charge >= 0.3 is 6.09 Å². The molecule has 2 aromatic rings. The quantitative estimate of drug-likeness (QED) is 0.558. The zero-order chi connectivity index (χ0) is 26.0. The van der Waals surface area contributed by atoms with Crippen molar-refractivity contribution in [2.45, 2.75) is 18.2 Å². The third-order valence-electron chi connectivity index (χ3n) is 6.33. The fourth-order valence-corrected chi connectivity index (χ4v) is 5.96. The Bertz CT molecular complexity index is 1270. The number of sulfone groups is 1. The maximum Gasteiger partial charge on any atom is 0.409 e. The molecule has 8 nitrogen and oxygen atoms in total. The molecule has 0 atom stereocenters. The molecule has 2 aliphatic rings. The second kappa shape index (κ2) is 10.4. The molecule has 12 heteroatoms. The average Bonchev–Trinajstić information content (AvgIpc) is 2.87. The summed E-state index contributed by atoms with van der Waals surface area (Å²) in [7, 11) is -4.30. The second-order valence-electron chi connectivity index (χ2n) is 8.51. The van der Waals surface area contributed by atoms with Crippen molar-refractivity contribution >= 4 is 27.5 Å². The van der Waals surface area contributed by atoms with Gasteiger partial charge in [-0.15, -0.1) is 0 Å². The molecule has 2 amide bonds. The third-order valence-corrected chi connectivity index (χ3v) is 8.05. The van der Waals surface area contributed by atoms with Crippen LogP contribution >= 0.6 is 0 Å². The molecular weight excluding hydrogens is 499 g/mol. The van der Waals surface area contributed by atoms with Crippen LogP contribution in [0.2, 0.25) is 0 Å². The van der Waals surface area contributed by atoms with Crippen LogP contribution in [-0.4, -0.2) is 81.8 Å². The lowest BCUT2D eigenvalue weighted by Gasteiger charge is -2.35. The Morgan fingerprint density at radius 1 is 0.917 bits per heavy atom. The lowest BCUT2D eigenvalue weighted by molar-refractivity contribution is 0.0561. The minimum atomic E-state index is -4.30. The number of hydrogen-bond acceptors (Lipinski definition) is 6. The molecule has 2 heterocycles. The van der Waals surface area contributed by atoms with Crippen molar-refractivity contribution in [3.8, 4) is 0 Å². The van der Waals surface area contributed by atoms with Crippen LogP contribution in [0.15, 0.2) is 35.2 Å². The van der Waals surface area contributed by atoms with E-state index in [0.29, 0.717) is 6.42 Å². The molecule has 36 heavy (non-hydrogen) atoms. The maximum atomic E-state index is 15.8. The van der Waals surface area contributed by atoms with E-state index in [1.807, 2.05) is 30.3 Å². The van der Waals surface area contributed by atoms with E-state index in [2.05, 4.69) is 0 Å². The van der Waals surface area contributed by atoms with E-state index in [9.17, 15) is 18.0 Å². The number of carbonyl (C=O) groups excluding carboxylic acids is 2. The van der Waals surface area contributed by atoms with Crippen LogP contribution in [0.1, 0.15) is 22.8 Å². The lowest BCUT2D eigenvalue weighted by Crippen LogP contribution is -2.51. The first-order valence-electron chi connectivity index (χ1n) is 11.6. The number of halogens is 3. The highest BCUT2D eigenvalue weighted by Gasteiger charge is 2.41. The van der Waals surface area contributed by atoms with Gasteiger partial charge in [-0.2, -0.15) is 0 Å². The summed E-state index contributed by atoms with van der Waals surface area (Å²) in [4.78, 5) is 27.7. The molecule has 1 saturated heterocycles. The van der Waals surface area contributed by atoms with Gasteiger partial charge in [0.15, 0.2) is 27.3 Å². The smallest absolute Gasteiger partial charge is 0.409 e. The predicted molar refractivity (Wildman–Crippen MR) is 125 cm³/mol. The van der Waals surface area contributed by atoms with Crippen molar-refractivity contribution in [2.24, 2.45) is 0 Å². The van der Waals surface area contributed by atoms with Crippen LogP contribution in [0.5, 0.6) is 0 Å². The monoisotopic (exact) mass is 525 g/mol. The number of nitrogens with zero attached hydrogens (tertiary/aromatic N) is 3. The summed E-state index contributed by atoms with van der Waals surface area (Å²) in [5.74, 6) is -6.62. The highest BCUT2D eigenvalue weighted by molar-refractivity contribution is 7.91. The number of rotatable bonds is 5. The predicted octanol–water partition coefficient (Wildman–Crippen LogP) is 2.85. The van der Waals surface area contributed by atoms with Gasteiger partial charge in [-0.25, -0.2) is 26.4 Å². The van der Waals surface area contributed by atoms with Gasteiger partial charge in [-0.1, -0.05) is 30.3 Å². The molecule has 0 bridgehead atoms. The Balaban J connectivity index is 1.66. The molecule has 0 aliphatic carbocycles. The summed E-state index contributed by atoms with van der Waals surface area (Å²) >= 11 is 0. The van der Waals surface area contributed by atoms with Crippen molar-refractivity contribution in [1.82, 2.24) is 9.80 Å². The van der Waals surface area contributed by atoms with E-state index in [1.54, 1.807) is 6.92 Å². The van der Waals surface area contributed by atoms with Crippen LogP contribution in [0, 0.1) is 17.5 Å². The molecule has 2 aromatic carbocycles. The molecule has 2 aliphatic heterocycles. The molecule has 0 N–H and O–H groups in total. The number of fused-ring (bicyclic) bond motifs is 1. The van der Waals surface area contributed by atoms with E-state index in [1.165, 1.54) is 9.80 Å². The van der Waals surface area contributed by atoms with Gasteiger partial charge in [0.05, 0.1) is 18.0 Å². The van der Waals surface area contributed by atoms with Gasteiger partial charge < -0.3 is 19.4 Å². The summed E-state index contributed by atoms with van der Waals surface area (Å²) < 4.78 is 76.1. The SMILES string of the molecule is CCOC(=O)N1CCN(C(=O)c2c(F)c(F)c3c(c2F)N(CCc2ccccc2)CCS3(=O)=O)CC1. The van der Waals surface area contributed by atoms with Gasteiger partial charge in [0.2, 0.25) is 0 Å². The molecule has 194 valence electrons. The number of anilines is 1. The number of amides is 2.